The van der Waals surface area contributed by atoms with Gasteiger partial charge in [0.2, 0.25) is 6.23 Å². The van der Waals surface area contributed by atoms with Gasteiger partial charge in [-0.2, -0.15) is 13.8 Å². The second-order valence-corrected chi connectivity index (χ2v) is 11.0. The van der Waals surface area contributed by atoms with Gasteiger partial charge in [-0.15, -0.1) is 0 Å². The molecule has 4 atom stereocenters. The number of alkyl halides is 2. The zero-order valence-corrected chi connectivity index (χ0v) is 23.8. The van der Waals surface area contributed by atoms with Crippen LogP contribution < -0.4 is 16.7 Å². The number of anilines is 1. The Morgan fingerprint density at radius 1 is 1.20 bits per heavy atom. The number of ether oxygens (including phenoxy) is 4. The van der Waals surface area contributed by atoms with E-state index in [0.717, 1.165) is 31.5 Å². The van der Waals surface area contributed by atoms with E-state index in [9.17, 15) is 19.2 Å². The molecule has 1 aliphatic rings. The van der Waals surface area contributed by atoms with E-state index in [-0.39, 0.29) is 12.4 Å². The van der Waals surface area contributed by atoms with Crippen molar-refractivity contribution in [2.24, 2.45) is 17.1 Å². The van der Waals surface area contributed by atoms with Crippen LogP contribution in [0, 0.1) is 11.3 Å². The van der Waals surface area contributed by atoms with Crippen LogP contribution >= 0.6 is 0 Å². The van der Waals surface area contributed by atoms with Crippen molar-refractivity contribution in [3.63, 3.8) is 0 Å². The number of halogens is 2. The first-order chi connectivity index (χ1) is 18.6. The lowest BCUT2D eigenvalue weighted by molar-refractivity contribution is -0.179. The summed E-state index contributed by atoms with van der Waals surface area (Å²) in [7, 11) is 0. The Labute approximate surface area is 231 Å². The maximum absolute atomic E-state index is 15.7. The standard InChI is InChI=1S/C26H40F2N4O8/c1-7-8-9-10-13-37-24(36)31-17-11-12-32(23(35)30-17)21-26(27,28)19(40-20(33)18(29)15(2)3)16(39-21)14-38-22(34)25(4,5)6/h11-12,15-16,18-19,21H,7-10,13-14,29H2,1-6H3,(H,30,31,35,36)/t16-,18+,19-,21-/m1/s1. The number of rotatable bonds is 12. The number of unbranched alkanes of at least 4 members (excludes halogenated alkanes) is 3. The molecule has 226 valence electrons. The van der Waals surface area contributed by atoms with Gasteiger partial charge in [0.15, 0.2) is 6.10 Å². The predicted molar refractivity (Wildman–Crippen MR) is 140 cm³/mol. The summed E-state index contributed by atoms with van der Waals surface area (Å²) >= 11 is 0. The second-order valence-electron chi connectivity index (χ2n) is 11.0. The first-order valence-electron chi connectivity index (χ1n) is 13.3. The molecule has 0 spiro atoms. The number of aromatic nitrogens is 2. The molecule has 1 aliphatic heterocycles. The second kappa shape index (κ2) is 14.0. The number of nitrogens with zero attached hydrogens (tertiary/aromatic N) is 2. The van der Waals surface area contributed by atoms with Gasteiger partial charge in [0.25, 0.3) is 0 Å². The van der Waals surface area contributed by atoms with Crippen molar-refractivity contribution < 1.29 is 42.1 Å². The number of carbonyl (C=O) groups is 3. The lowest BCUT2D eigenvalue weighted by atomic mass is 9.97. The van der Waals surface area contributed by atoms with E-state index < -0.39 is 72.1 Å². The molecule has 1 amide bonds. The first kappa shape index (κ1) is 33.1. The van der Waals surface area contributed by atoms with Crippen LogP contribution in [0.4, 0.5) is 19.4 Å². The summed E-state index contributed by atoms with van der Waals surface area (Å²) < 4.78 is 52.5. The highest BCUT2D eigenvalue weighted by Gasteiger charge is 2.63. The minimum absolute atomic E-state index is 0.173. The highest BCUT2D eigenvalue weighted by atomic mass is 19.3. The van der Waals surface area contributed by atoms with Crippen LogP contribution in [0.3, 0.4) is 0 Å². The van der Waals surface area contributed by atoms with Crippen molar-refractivity contribution in [3.8, 4) is 0 Å². The van der Waals surface area contributed by atoms with Crippen molar-refractivity contribution >= 4 is 23.8 Å². The van der Waals surface area contributed by atoms with Crippen molar-refractivity contribution in [3.05, 3.63) is 22.7 Å². The highest BCUT2D eigenvalue weighted by Crippen LogP contribution is 2.44. The average Bonchev–Trinajstić information content (AvgIpc) is 3.10. The van der Waals surface area contributed by atoms with Crippen molar-refractivity contribution in [1.29, 1.82) is 0 Å². The van der Waals surface area contributed by atoms with Gasteiger partial charge in [-0.25, -0.2) is 9.59 Å². The smallest absolute Gasteiger partial charge is 0.412 e. The van der Waals surface area contributed by atoms with Crippen LogP contribution in [0.2, 0.25) is 0 Å². The topological polar surface area (TPSA) is 161 Å². The molecule has 40 heavy (non-hydrogen) atoms. The monoisotopic (exact) mass is 574 g/mol. The van der Waals surface area contributed by atoms with Crippen molar-refractivity contribution in [2.75, 3.05) is 18.5 Å². The van der Waals surface area contributed by atoms with E-state index in [0.29, 0.717) is 11.0 Å². The lowest BCUT2D eigenvalue weighted by Crippen LogP contribution is -2.48. The van der Waals surface area contributed by atoms with Crippen LogP contribution in [0.25, 0.3) is 0 Å². The fourth-order valence-electron chi connectivity index (χ4n) is 3.59. The number of carbonyl (C=O) groups excluding carboxylic acids is 3. The fourth-order valence-corrected chi connectivity index (χ4v) is 3.59. The van der Waals surface area contributed by atoms with E-state index in [1.807, 2.05) is 6.92 Å². The Hall–Kier alpha value is -3.13. The molecule has 1 fully saturated rings. The maximum atomic E-state index is 15.7. The summed E-state index contributed by atoms with van der Waals surface area (Å²) in [4.78, 5) is 53.0. The SMILES string of the molecule is CCCCCCOC(=O)Nc1ccn([C@@H]2O[C@H](COC(=O)C(C)(C)C)[C@@H](OC(=O)[C@@H](N)C(C)C)C2(F)F)c(=O)n1. The van der Waals surface area contributed by atoms with Crippen LogP contribution in [-0.4, -0.2) is 65.0 Å². The quantitative estimate of drug-likeness (QED) is 0.215. The molecule has 0 unspecified atom stereocenters. The van der Waals surface area contributed by atoms with Crippen molar-refractivity contribution in [2.45, 2.75) is 97.6 Å². The minimum Gasteiger partial charge on any atom is -0.462 e. The lowest BCUT2D eigenvalue weighted by Gasteiger charge is -2.26. The normalized spacial score (nSPS) is 21.1. The van der Waals surface area contributed by atoms with E-state index in [1.165, 1.54) is 0 Å². The molecule has 2 rings (SSSR count). The number of nitrogens with one attached hydrogen (secondary N) is 1. The number of nitrogens with two attached hydrogens (primary N) is 1. The number of amides is 1. The number of esters is 2. The molecule has 3 N–H and O–H groups in total. The van der Waals surface area contributed by atoms with Gasteiger partial charge in [0.1, 0.15) is 24.6 Å². The molecule has 1 aromatic heterocycles. The number of hydrogen-bond acceptors (Lipinski definition) is 10. The summed E-state index contributed by atoms with van der Waals surface area (Å²) in [5.74, 6) is -6.38. The molecule has 0 bridgehead atoms. The van der Waals surface area contributed by atoms with Gasteiger partial charge in [-0.05, 0) is 39.2 Å². The van der Waals surface area contributed by atoms with E-state index >= 15 is 8.78 Å². The molecular formula is C26H40F2N4O8. The molecule has 12 nitrogen and oxygen atoms in total. The zero-order chi connectivity index (χ0) is 30.3. The molecule has 0 radical (unpaired) electrons. The largest absolute Gasteiger partial charge is 0.462 e. The summed E-state index contributed by atoms with van der Waals surface area (Å²) in [6.45, 7) is 9.49. The highest BCUT2D eigenvalue weighted by molar-refractivity contribution is 5.83. The Morgan fingerprint density at radius 3 is 2.45 bits per heavy atom. The third kappa shape index (κ3) is 8.68. The van der Waals surface area contributed by atoms with E-state index in [4.69, 9.17) is 24.7 Å². The zero-order valence-electron chi connectivity index (χ0n) is 23.8. The van der Waals surface area contributed by atoms with Gasteiger partial charge >= 0.3 is 29.6 Å². The molecule has 0 aromatic carbocycles. The van der Waals surface area contributed by atoms with Gasteiger partial charge in [-0.3, -0.25) is 19.5 Å². The maximum Gasteiger partial charge on any atom is 0.412 e. The number of hydrogen-bond donors (Lipinski definition) is 2. The van der Waals surface area contributed by atoms with E-state index in [1.54, 1.807) is 34.6 Å². The van der Waals surface area contributed by atoms with Gasteiger partial charge < -0.3 is 24.7 Å². The third-order valence-electron chi connectivity index (χ3n) is 6.12. The molecule has 0 aliphatic carbocycles. The van der Waals surface area contributed by atoms with Crippen molar-refractivity contribution in [1.82, 2.24) is 9.55 Å². The summed E-state index contributed by atoms with van der Waals surface area (Å²) in [6, 6.07) is -0.0873. The molecule has 1 aromatic rings. The Balaban J connectivity index is 2.23. The van der Waals surface area contributed by atoms with E-state index in [2.05, 4.69) is 10.3 Å². The van der Waals surface area contributed by atoms with Crippen LogP contribution in [0.5, 0.6) is 0 Å². The first-order valence-corrected chi connectivity index (χ1v) is 13.3. The van der Waals surface area contributed by atoms with Gasteiger partial charge in [0, 0.05) is 6.20 Å². The Morgan fingerprint density at radius 2 is 1.88 bits per heavy atom. The summed E-state index contributed by atoms with van der Waals surface area (Å²) in [5.41, 5.74) is 3.66. The van der Waals surface area contributed by atoms with Gasteiger partial charge in [0.05, 0.1) is 12.0 Å². The van der Waals surface area contributed by atoms with Crippen LogP contribution in [0.1, 0.15) is 73.5 Å². The van der Waals surface area contributed by atoms with Gasteiger partial charge in [-0.1, -0.05) is 40.0 Å². The molecule has 0 saturated carbocycles. The average molecular weight is 575 g/mol. The summed E-state index contributed by atoms with van der Waals surface area (Å²) in [5, 5.41) is 2.27. The molecule has 2 heterocycles. The Bertz CT molecular complexity index is 1090. The molecule has 14 heteroatoms. The Kier molecular flexibility index (Phi) is 11.6. The van der Waals surface area contributed by atoms with Crippen LogP contribution in [-0.2, 0) is 28.5 Å². The predicted octanol–water partition coefficient (Wildman–Crippen LogP) is 3.39. The minimum atomic E-state index is -3.96. The molecular weight excluding hydrogens is 534 g/mol. The summed E-state index contributed by atoms with van der Waals surface area (Å²) in [6.07, 6.45) is -2.42. The third-order valence-corrected chi connectivity index (χ3v) is 6.12. The van der Waals surface area contributed by atoms with Crippen LogP contribution in [0.15, 0.2) is 17.1 Å². The molecule has 1 saturated heterocycles. The fraction of sp³-hybridized carbons (Fsp3) is 0.731.